The standard InChI is InChI=1S/C25H26ClF3N2O3S/c1-4-35(33,34)15-14-30(3)24(32)22-21(19-10-12-20(26)13-11-19)17(2)23(25(27,28)29)31(22)16-18-8-6-5-7-9-18/h5-13H,4,14-16H2,1-3H3. The molecule has 3 rings (SSSR count). The van der Waals surface area contributed by atoms with E-state index in [9.17, 15) is 26.4 Å². The Kier molecular flexibility index (Phi) is 8.01. The number of amides is 1. The molecule has 10 heteroatoms. The van der Waals surface area contributed by atoms with Gasteiger partial charge in [-0.25, -0.2) is 8.42 Å². The minimum Gasteiger partial charge on any atom is -0.339 e. The van der Waals surface area contributed by atoms with E-state index in [2.05, 4.69) is 0 Å². The van der Waals surface area contributed by atoms with Crippen LogP contribution >= 0.6 is 11.6 Å². The van der Waals surface area contributed by atoms with E-state index in [1.54, 1.807) is 54.6 Å². The Hall–Kier alpha value is -2.78. The van der Waals surface area contributed by atoms with Crippen LogP contribution in [0.4, 0.5) is 13.2 Å². The van der Waals surface area contributed by atoms with Crippen molar-refractivity contribution in [3.8, 4) is 11.1 Å². The number of carbonyl (C=O) groups is 1. The molecular formula is C25H26ClF3N2O3S. The molecule has 1 aromatic heterocycles. The Morgan fingerprint density at radius 1 is 1.06 bits per heavy atom. The number of hydrogen-bond acceptors (Lipinski definition) is 3. The molecule has 0 aliphatic carbocycles. The third-order valence-corrected chi connectivity index (χ3v) is 7.75. The lowest BCUT2D eigenvalue weighted by atomic mass is 10.00. The maximum absolute atomic E-state index is 14.4. The highest BCUT2D eigenvalue weighted by atomic mass is 35.5. The van der Waals surface area contributed by atoms with Crippen molar-refractivity contribution in [3.05, 3.63) is 82.1 Å². The number of sulfone groups is 1. The lowest BCUT2D eigenvalue weighted by molar-refractivity contribution is -0.143. The second-order valence-electron chi connectivity index (χ2n) is 8.24. The van der Waals surface area contributed by atoms with E-state index in [-0.39, 0.29) is 41.4 Å². The molecule has 0 aliphatic heterocycles. The molecule has 3 aromatic rings. The summed E-state index contributed by atoms with van der Waals surface area (Å²) in [6.07, 6.45) is -4.73. The summed E-state index contributed by atoms with van der Waals surface area (Å²) in [5.41, 5.74) is -0.0431. The third-order valence-electron chi connectivity index (χ3n) is 5.82. The molecule has 0 spiro atoms. The van der Waals surface area contributed by atoms with Crippen LogP contribution in [0.1, 0.15) is 34.2 Å². The average molecular weight is 527 g/mol. The molecule has 0 unspecified atom stereocenters. The van der Waals surface area contributed by atoms with Gasteiger partial charge in [0, 0.05) is 36.5 Å². The highest BCUT2D eigenvalue weighted by Crippen LogP contribution is 2.42. The van der Waals surface area contributed by atoms with Crippen LogP contribution in [-0.2, 0) is 22.6 Å². The molecule has 0 radical (unpaired) electrons. The molecule has 0 saturated carbocycles. The van der Waals surface area contributed by atoms with Crippen LogP contribution in [0.2, 0.25) is 5.02 Å². The van der Waals surface area contributed by atoms with Crippen molar-refractivity contribution < 1.29 is 26.4 Å². The molecule has 1 amide bonds. The number of hydrogen-bond donors (Lipinski definition) is 0. The van der Waals surface area contributed by atoms with E-state index in [4.69, 9.17) is 11.6 Å². The maximum Gasteiger partial charge on any atom is 0.431 e. The van der Waals surface area contributed by atoms with Gasteiger partial charge < -0.3 is 9.47 Å². The van der Waals surface area contributed by atoms with Crippen molar-refractivity contribution in [2.75, 3.05) is 25.1 Å². The number of alkyl halides is 3. The number of benzene rings is 2. The number of halogens is 4. The van der Waals surface area contributed by atoms with Crippen LogP contribution in [0.15, 0.2) is 54.6 Å². The molecule has 0 atom stereocenters. The molecule has 0 bridgehead atoms. The fraction of sp³-hybridized carbons (Fsp3) is 0.320. The minimum absolute atomic E-state index is 0.0892. The molecule has 5 nitrogen and oxygen atoms in total. The van der Waals surface area contributed by atoms with Gasteiger partial charge in [-0.2, -0.15) is 13.2 Å². The largest absolute Gasteiger partial charge is 0.431 e. The van der Waals surface area contributed by atoms with Gasteiger partial charge in [0.05, 0.1) is 5.75 Å². The molecule has 188 valence electrons. The van der Waals surface area contributed by atoms with Gasteiger partial charge in [-0.15, -0.1) is 0 Å². The Balaban J connectivity index is 2.24. The second kappa shape index (κ2) is 10.5. The number of aromatic nitrogens is 1. The van der Waals surface area contributed by atoms with Crippen LogP contribution in [0.3, 0.4) is 0 Å². The molecule has 1 heterocycles. The molecule has 2 aromatic carbocycles. The van der Waals surface area contributed by atoms with Crippen molar-refractivity contribution in [1.29, 1.82) is 0 Å². The van der Waals surface area contributed by atoms with Crippen molar-refractivity contribution >= 4 is 27.3 Å². The number of nitrogens with zero attached hydrogens (tertiary/aromatic N) is 2. The average Bonchev–Trinajstić information content (AvgIpc) is 3.10. The Bertz CT molecular complexity index is 1300. The summed E-state index contributed by atoms with van der Waals surface area (Å²) in [4.78, 5) is 14.8. The van der Waals surface area contributed by atoms with E-state index >= 15 is 0 Å². The van der Waals surface area contributed by atoms with E-state index in [1.165, 1.54) is 20.9 Å². The number of carbonyl (C=O) groups excluding carboxylic acids is 1. The summed E-state index contributed by atoms with van der Waals surface area (Å²) in [6, 6.07) is 14.8. The maximum atomic E-state index is 14.4. The molecule has 0 aliphatic rings. The van der Waals surface area contributed by atoms with E-state index in [0.29, 0.717) is 16.1 Å². The second-order valence-corrected chi connectivity index (χ2v) is 11.1. The van der Waals surface area contributed by atoms with Crippen molar-refractivity contribution in [3.63, 3.8) is 0 Å². The third kappa shape index (κ3) is 6.08. The summed E-state index contributed by atoms with van der Waals surface area (Å²) >= 11 is 5.99. The predicted octanol–water partition coefficient (Wildman–Crippen LogP) is 5.69. The zero-order chi connectivity index (χ0) is 26.0. The molecular weight excluding hydrogens is 501 g/mol. The first kappa shape index (κ1) is 26.8. The summed E-state index contributed by atoms with van der Waals surface area (Å²) in [5.74, 6) is -1.07. The van der Waals surface area contributed by atoms with Gasteiger partial charge in [0.15, 0.2) is 9.84 Å². The monoisotopic (exact) mass is 526 g/mol. The SMILES string of the molecule is CCS(=O)(=O)CCN(C)C(=O)c1c(-c2ccc(Cl)cc2)c(C)c(C(F)(F)F)n1Cc1ccccc1. The molecule has 0 saturated heterocycles. The normalized spacial score (nSPS) is 12.1. The Labute approximate surface area is 208 Å². The van der Waals surface area contributed by atoms with Crippen LogP contribution in [0, 0.1) is 6.92 Å². The zero-order valence-corrected chi connectivity index (χ0v) is 21.1. The van der Waals surface area contributed by atoms with E-state index < -0.39 is 27.6 Å². The lowest BCUT2D eigenvalue weighted by Crippen LogP contribution is -2.34. The summed E-state index contributed by atoms with van der Waals surface area (Å²) in [6.45, 7) is 2.50. The first-order valence-corrected chi connectivity index (χ1v) is 13.1. The molecule has 0 fully saturated rings. The summed E-state index contributed by atoms with van der Waals surface area (Å²) < 4.78 is 68.0. The zero-order valence-electron chi connectivity index (χ0n) is 19.6. The van der Waals surface area contributed by atoms with Gasteiger partial charge in [-0.1, -0.05) is 61.0 Å². The van der Waals surface area contributed by atoms with Crippen LogP contribution < -0.4 is 0 Å². The number of rotatable bonds is 8. The predicted molar refractivity (Wildman–Crippen MR) is 131 cm³/mol. The highest BCUT2D eigenvalue weighted by molar-refractivity contribution is 7.91. The van der Waals surface area contributed by atoms with Gasteiger partial charge in [-0.05, 0) is 35.7 Å². The van der Waals surface area contributed by atoms with Gasteiger partial charge >= 0.3 is 6.18 Å². The topological polar surface area (TPSA) is 59.4 Å². The van der Waals surface area contributed by atoms with Crippen molar-refractivity contribution in [2.45, 2.75) is 26.6 Å². The minimum atomic E-state index is -4.73. The van der Waals surface area contributed by atoms with Gasteiger partial charge in [-0.3, -0.25) is 4.79 Å². The fourth-order valence-electron chi connectivity index (χ4n) is 3.93. The summed E-state index contributed by atoms with van der Waals surface area (Å²) in [7, 11) is -1.99. The first-order chi connectivity index (χ1) is 16.4. The van der Waals surface area contributed by atoms with Gasteiger partial charge in [0.25, 0.3) is 5.91 Å². The van der Waals surface area contributed by atoms with Crippen molar-refractivity contribution in [1.82, 2.24) is 9.47 Å². The molecule has 35 heavy (non-hydrogen) atoms. The van der Waals surface area contributed by atoms with Crippen LogP contribution in [-0.4, -0.2) is 48.9 Å². The van der Waals surface area contributed by atoms with Crippen molar-refractivity contribution in [2.24, 2.45) is 0 Å². The fourth-order valence-corrected chi connectivity index (χ4v) is 4.90. The quantitative estimate of drug-likeness (QED) is 0.379. The Morgan fingerprint density at radius 2 is 1.66 bits per heavy atom. The lowest BCUT2D eigenvalue weighted by Gasteiger charge is -2.21. The van der Waals surface area contributed by atoms with Gasteiger partial charge in [0.1, 0.15) is 11.4 Å². The molecule has 0 N–H and O–H groups in total. The van der Waals surface area contributed by atoms with Crippen LogP contribution in [0.25, 0.3) is 11.1 Å². The van der Waals surface area contributed by atoms with Gasteiger partial charge in [0.2, 0.25) is 0 Å². The highest BCUT2D eigenvalue weighted by Gasteiger charge is 2.41. The van der Waals surface area contributed by atoms with E-state index in [1.807, 2.05) is 0 Å². The summed E-state index contributed by atoms with van der Waals surface area (Å²) in [5, 5.41) is 0.404. The van der Waals surface area contributed by atoms with Crippen LogP contribution in [0.5, 0.6) is 0 Å². The van der Waals surface area contributed by atoms with E-state index in [0.717, 1.165) is 9.47 Å². The Morgan fingerprint density at radius 3 is 2.20 bits per heavy atom. The first-order valence-electron chi connectivity index (χ1n) is 10.9. The smallest absolute Gasteiger partial charge is 0.339 e.